The molecular formula is C18H23N3O3. The van der Waals surface area contributed by atoms with Crippen LogP contribution in [0.3, 0.4) is 0 Å². The summed E-state index contributed by atoms with van der Waals surface area (Å²) in [6, 6.07) is 6.77. The largest absolute Gasteiger partial charge is 0.465 e. The van der Waals surface area contributed by atoms with Crippen molar-refractivity contribution in [3.8, 4) is 6.01 Å². The second-order valence-electron chi connectivity index (χ2n) is 6.57. The topological polar surface area (TPSA) is 60.6 Å². The van der Waals surface area contributed by atoms with Gasteiger partial charge in [0.05, 0.1) is 25.9 Å². The van der Waals surface area contributed by atoms with Crippen LogP contribution in [-0.4, -0.2) is 46.8 Å². The number of nitrogens with zero attached hydrogens (tertiary/aromatic N) is 3. The third-order valence-electron chi connectivity index (χ3n) is 4.96. The summed E-state index contributed by atoms with van der Waals surface area (Å²) in [4.78, 5) is 10.7. The van der Waals surface area contributed by atoms with Crippen molar-refractivity contribution in [2.75, 3.05) is 19.8 Å². The van der Waals surface area contributed by atoms with Gasteiger partial charge in [-0.3, -0.25) is 4.90 Å². The fourth-order valence-electron chi connectivity index (χ4n) is 3.82. The van der Waals surface area contributed by atoms with Gasteiger partial charge in [0.15, 0.2) is 0 Å². The van der Waals surface area contributed by atoms with Gasteiger partial charge in [-0.1, -0.05) is 0 Å². The number of hydrogen-bond donors (Lipinski definition) is 0. The number of aromatic nitrogens is 2. The van der Waals surface area contributed by atoms with Gasteiger partial charge >= 0.3 is 6.01 Å². The molecule has 2 fully saturated rings. The first kappa shape index (κ1) is 15.6. The van der Waals surface area contributed by atoms with Crippen LogP contribution in [0.5, 0.6) is 6.01 Å². The molecule has 1 saturated heterocycles. The molecule has 0 aromatic carbocycles. The average molecular weight is 329 g/mol. The minimum Gasteiger partial charge on any atom is -0.465 e. The maximum atomic E-state index is 6.08. The molecule has 6 heteroatoms. The van der Waals surface area contributed by atoms with Crippen molar-refractivity contribution in [1.82, 2.24) is 14.9 Å². The molecule has 6 nitrogen and oxygen atoms in total. The minimum absolute atomic E-state index is 0.221. The fraction of sp³-hybridized carbons (Fsp3) is 0.556. The van der Waals surface area contributed by atoms with Crippen molar-refractivity contribution in [1.29, 1.82) is 0 Å². The zero-order chi connectivity index (χ0) is 16.4. The summed E-state index contributed by atoms with van der Waals surface area (Å²) in [6.07, 6.45) is 5.86. The molecular weight excluding hydrogens is 306 g/mol. The van der Waals surface area contributed by atoms with E-state index in [1.807, 2.05) is 13.0 Å². The van der Waals surface area contributed by atoms with Crippen LogP contribution in [0.2, 0.25) is 0 Å². The Labute approximate surface area is 141 Å². The second kappa shape index (κ2) is 6.91. The van der Waals surface area contributed by atoms with E-state index in [1.54, 1.807) is 18.5 Å². The van der Waals surface area contributed by atoms with Gasteiger partial charge in [0, 0.05) is 30.9 Å². The Kier molecular flexibility index (Phi) is 4.49. The van der Waals surface area contributed by atoms with E-state index in [9.17, 15) is 0 Å². The van der Waals surface area contributed by atoms with E-state index in [4.69, 9.17) is 13.9 Å². The number of hydrogen-bond acceptors (Lipinski definition) is 6. The van der Waals surface area contributed by atoms with Gasteiger partial charge in [0.25, 0.3) is 0 Å². The Balaban J connectivity index is 1.37. The lowest BCUT2D eigenvalue weighted by molar-refractivity contribution is -0.0834. The Morgan fingerprint density at radius 1 is 1.25 bits per heavy atom. The van der Waals surface area contributed by atoms with Crippen LogP contribution in [0.1, 0.15) is 24.4 Å². The normalized spacial score (nSPS) is 27.1. The molecule has 0 radical (unpaired) electrons. The average Bonchev–Trinajstić information content (AvgIpc) is 3.21. The van der Waals surface area contributed by atoms with Crippen LogP contribution in [-0.2, 0) is 11.3 Å². The second-order valence-corrected chi connectivity index (χ2v) is 6.57. The smallest absolute Gasteiger partial charge is 0.316 e. The standard InChI is InChI=1S/C18H23N3O3/c1-13-3-5-15(24-13)11-21-9-10-22-17-14(4-6-16(17)21)12-23-18-19-7-2-8-20-18/h2-3,5,7-8,14,16-17H,4,6,9-12H2,1H3/t14-,16+,17+/m0/s1. The fourth-order valence-corrected chi connectivity index (χ4v) is 3.82. The summed E-state index contributed by atoms with van der Waals surface area (Å²) in [5.74, 6) is 2.39. The first-order valence-corrected chi connectivity index (χ1v) is 8.60. The Morgan fingerprint density at radius 3 is 2.92 bits per heavy atom. The van der Waals surface area contributed by atoms with Crippen LogP contribution in [0.4, 0.5) is 0 Å². The highest BCUT2D eigenvalue weighted by Crippen LogP contribution is 2.35. The summed E-state index contributed by atoms with van der Waals surface area (Å²) >= 11 is 0. The zero-order valence-corrected chi connectivity index (χ0v) is 13.9. The van der Waals surface area contributed by atoms with Gasteiger partial charge < -0.3 is 13.9 Å². The zero-order valence-electron chi connectivity index (χ0n) is 13.9. The molecule has 128 valence electrons. The van der Waals surface area contributed by atoms with Crippen LogP contribution in [0.15, 0.2) is 35.0 Å². The molecule has 0 unspecified atom stereocenters. The van der Waals surface area contributed by atoms with Crippen LogP contribution in [0, 0.1) is 12.8 Å². The van der Waals surface area contributed by atoms with E-state index < -0.39 is 0 Å². The molecule has 0 spiro atoms. The van der Waals surface area contributed by atoms with Gasteiger partial charge in [-0.2, -0.15) is 0 Å². The lowest BCUT2D eigenvalue weighted by Gasteiger charge is -2.38. The van der Waals surface area contributed by atoms with Crippen molar-refractivity contribution in [2.24, 2.45) is 5.92 Å². The number of ether oxygens (including phenoxy) is 2. The molecule has 2 aromatic heterocycles. The molecule has 3 heterocycles. The summed E-state index contributed by atoms with van der Waals surface area (Å²) in [5.41, 5.74) is 0. The van der Waals surface area contributed by atoms with E-state index in [1.165, 1.54) is 0 Å². The lowest BCUT2D eigenvalue weighted by atomic mass is 10.0. The number of fused-ring (bicyclic) bond motifs is 1. The summed E-state index contributed by atoms with van der Waals surface area (Å²) in [5, 5.41) is 0. The molecule has 0 bridgehead atoms. The highest BCUT2D eigenvalue weighted by atomic mass is 16.5. The molecule has 4 rings (SSSR count). The van der Waals surface area contributed by atoms with Gasteiger partial charge in [0.2, 0.25) is 0 Å². The molecule has 1 aliphatic heterocycles. The molecule has 24 heavy (non-hydrogen) atoms. The highest BCUT2D eigenvalue weighted by molar-refractivity contribution is 5.07. The molecule has 0 N–H and O–H groups in total. The van der Waals surface area contributed by atoms with Crippen molar-refractivity contribution < 1.29 is 13.9 Å². The SMILES string of the molecule is Cc1ccc(CN2CCO[C@@H]3[C@H](COc4ncccn4)CC[C@H]32)o1. The Hall–Kier alpha value is -1.92. The van der Waals surface area contributed by atoms with Gasteiger partial charge in [-0.25, -0.2) is 9.97 Å². The van der Waals surface area contributed by atoms with Gasteiger partial charge in [0.1, 0.15) is 11.5 Å². The molecule has 2 aromatic rings. The predicted molar refractivity (Wildman–Crippen MR) is 87.6 cm³/mol. The quantitative estimate of drug-likeness (QED) is 0.840. The maximum Gasteiger partial charge on any atom is 0.316 e. The van der Waals surface area contributed by atoms with E-state index in [2.05, 4.69) is 20.9 Å². The van der Waals surface area contributed by atoms with Crippen molar-refractivity contribution >= 4 is 0 Å². The van der Waals surface area contributed by atoms with Crippen LogP contribution >= 0.6 is 0 Å². The number of aryl methyl sites for hydroxylation is 1. The molecule has 1 saturated carbocycles. The predicted octanol–water partition coefficient (Wildman–Crippen LogP) is 2.44. The molecule has 1 aliphatic carbocycles. The van der Waals surface area contributed by atoms with Crippen molar-refractivity contribution in [2.45, 2.75) is 38.5 Å². The monoisotopic (exact) mass is 329 g/mol. The van der Waals surface area contributed by atoms with Gasteiger partial charge in [-0.15, -0.1) is 0 Å². The first-order chi connectivity index (χ1) is 11.8. The maximum absolute atomic E-state index is 6.08. The first-order valence-electron chi connectivity index (χ1n) is 8.60. The van der Waals surface area contributed by atoms with Crippen molar-refractivity contribution in [3.63, 3.8) is 0 Å². The van der Waals surface area contributed by atoms with E-state index in [0.717, 1.165) is 44.1 Å². The van der Waals surface area contributed by atoms with E-state index in [-0.39, 0.29) is 6.10 Å². The van der Waals surface area contributed by atoms with Crippen molar-refractivity contribution in [3.05, 3.63) is 42.1 Å². The number of rotatable bonds is 5. The summed E-state index contributed by atoms with van der Waals surface area (Å²) < 4.78 is 17.6. The Bertz CT molecular complexity index is 661. The lowest BCUT2D eigenvalue weighted by Crippen LogP contribution is -2.50. The minimum atomic E-state index is 0.221. The third kappa shape index (κ3) is 3.30. The third-order valence-corrected chi connectivity index (χ3v) is 4.96. The van der Waals surface area contributed by atoms with Crippen LogP contribution < -0.4 is 4.74 Å². The van der Waals surface area contributed by atoms with E-state index in [0.29, 0.717) is 24.6 Å². The Morgan fingerprint density at radius 2 is 2.12 bits per heavy atom. The molecule has 2 aliphatic rings. The van der Waals surface area contributed by atoms with E-state index >= 15 is 0 Å². The number of morpholine rings is 1. The number of furan rings is 1. The summed E-state index contributed by atoms with van der Waals surface area (Å²) in [7, 11) is 0. The highest BCUT2D eigenvalue weighted by Gasteiger charge is 2.43. The molecule has 0 amide bonds. The van der Waals surface area contributed by atoms with Crippen LogP contribution in [0.25, 0.3) is 0 Å². The van der Waals surface area contributed by atoms with Gasteiger partial charge in [-0.05, 0) is 38.0 Å². The molecule has 3 atom stereocenters. The summed E-state index contributed by atoms with van der Waals surface area (Å²) in [6.45, 7) is 5.17.